The Labute approximate surface area is 132 Å². The van der Waals surface area contributed by atoms with E-state index in [1.165, 1.54) is 4.88 Å². The summed E-state index contributed by atoms with van der Waals surface area (Å²) in [6, 6.07) is 5.71. The van der Waals surface area contributed by atoms with E-state index in [9.17, 15) is 4.79 Å². The molecule has 0 saturated heterocycles. The molecule has 110 valence electrons. The summed E-state index contributed by atoms with van der Waals surface area (Å²) in [5.41, 5.74) is 3.26. The van der Waals surface area contributed by atoms with Gasteiger partial charge in [0.2, 0.25) is 0 Å². The van der Waals surface area contributed by atoms with E-state index in [0.717, 1.165) is 34.0 Å². The maximum atomic E-state index is 11.0. The number of aryl methyl sites for hydroxylation is 2. The predicted molar refractivity (Wildman–Crippen MR) is 84.6 cm³/mol. The molecular formula is C15H15NO3S2. The van der Waals surface area contributed by atoms with Crippen LogP contribution in [0.5, 0.6) is 5.75 Å². The minimum Gasteiger partial charge on any atom is -0.479 e. The number of benzene rings is 1. The maximum absolute atomic E-state index is 11.0. The number of carboxylic acids is 1. The first-order valence-corrected chi connectivity index (χ1v) is 8.06. The first kappa shape index (κ1) is 14.4. The van der Waals surface area contributed by atoms with Crippen molar-refractivity contribution in [2.24, 2.45) is 0 Å². The summed E-state index contributed by atoms with van der Waals surface area (Å²) >= 11 is 5.94. The van der Waals surface area contributed by atoms with Gasteiger partial charge in [-0.1, -0.05) is 6.92 Å². The molecule has 2 aromatic rings. The molecule has 21 heavy (non-hydrogen) atoms. The van der Waals surface area contributed by atoms with Gasteiger partial charge in [-0.05, 0) is 43.0 Å². The van der Waals surface area contributed by atoms with Gasteiger partial charge in [-0.2, -0.15) is 0 Å². The van der Waals surface area contributed by atoms with E-state index in [1.807, 2.05) is 18.2 Å². The zero-order valence-corrected chi connectivity index (χ0v) is 13.2. The minimum absolute atomic E-state index is 0.436. The number of aromatic nitrogens is 1. The van der Waals surface area contributed by atoms with Crippen LogP contribution in [0, 0.1) is 0 Å². The number of fused-ring (bicyclic) bond motifs is 3. The van der Waals surface area contributed by atoms with E-state index in [4.69, 9.17) is 9.84 Å². The lowest BCUT2D eigenvalue weighted by Gasteiger charge is -2.18. The van der Waals surface area contributed by atoms with Gasteiger partial charge in [0.25, 0.3) is 0 Å². The molecular weight excluding hydrogens is 306 g/mol. The number of hydrogen-bond acceptors (Lipinski definition) is 5. The summed E-state index contributed by atoms with van der Waals surface area (Å²) in [4.78, 5) is 16.8. The highest BCUT2D eigenvalue weighted by atomic mass is 32.2. The number of carboxylic acid groups (broad SMARTS) is 1. The zero-order valence-electron chi connectivity index (χ0n) is 11.5. The molecule has 0 aliphatic heterocycles. The van der Waals surface area contributed by atoms with Crippen LogP contribution in [0.1, 0.15) is 23.8 Å². The molecule has 0 fully saturated rings. The van der Waals surface area contributed by atoms with Gasteiger partial charge >= 0.3 is 5.97 Å². The molecule has 1 unspecified atom stereocenters. The van der Waals surface area contributed by atoms with Gasteiger partial charge in [0, 0.05) is 10.4 Å². The highest BCUT2D eigenvalue weighted by molar-refractivity contribution is 7.82. The average Bonchev–Trinajstić information content (AvgIpc) is 2.84. The summed E-state index contributed by atoms with van der Waals surface area (Å²) in [6.07, 6.45) is 1.50. The first-order valence-electron chi connectivity index (χ1n) is 6.80. The number of rotatable bonds is 4. The highest BCUT2D eigenvalue weighted by Gasteiger charge is 2.22. The van der Waals surface area contributed by atoms with Crippen LogP contribution in [0.3, 0.4) is 0 Å². The van der Waals surface area contributed by atoms with Gasteiger partial charge in [-0.3, -0.25) is 0 Å². The van der Waals surface area contributed by atoms with Crippen molar-refractivity contribution >= 4 is 29.9 Å². The fourth-order valence-electron chi connectivity index (χ4n) is 2.52. The lowest BCUT2D eigenvalue weighted by atomic mass is 9.93. The third-order valence-corrected chi connectivity index (χ3v) is 4.86. The van der Waals surface area contributed by atoms with Gasteiger partial charge in [0.15, 0.2) is 6.10 Å². The Kier molecular flexibility index (Phi) is 3.91. The van der Waals surface area contributed by atoms with Gasteiger partial charge in [0.1, 0.15) is 10.1 Å². The largest absolute Gasteiger partial charge is 0.479 e. The van der Waals surface area contributed by atoms with Crippen molar-refractivity contribution in [2.75, 3.05) is 0 Å². The van der Waals surface area contributed by atoms with Crippen molar-refractivity contribution in [3.8, 4) is 17.0 Å². The SMILES string of the molecule is CCC(Oc1ccc2c(c1)CCc1sc(S)nc1-2)C(=O)O. The number of hydrogen-bond donors (Lipinski definition) is 2. The standard InChI is InChI=1S/C15H15NO3S2/c1-2-11(14(17)18)19-9-4-5-10-8(7-9)3-6-12-13(10)16-15(20)21-12/h4-5,7,11H,2-3,6H2,1H3,(H,16,20)(H,17,18). The third-order valence-electron chi connectivity index (χ3n) is 3.56. The maximum Gasteiger partial charge on any atom is 0.344 e. The fraction of sp³-hybridized carbons (Fsp3) is 0.333. The molecule has 1 heterocycles. The number of aliphatic carboxylic acids is 1. The molecule has 1 atom stereocenters. The Hall–Kier alpha value is -1.53. The van der Waals surface area contributed by atoms with Crippen molar-refractivity contribution in [1.82, 2.24) is 4.98 Å². The van der Waals surface area contributed by atoms with E-state index in [0.29, 0.717) is 12.2 Å². The number of carbonyl (C=O) groups is 1. The summed E-state index contributed by atoms with van der Waals surface area (Å²) in [5.74, 6) is -0.329. The van der Waals surface area contributed by atoms with Crippen LogP contribution in [0.2, 0.25) is 0 Å². The Morgan fingerprint density at radius 1 is 1.52 bits per heavy atom. The molecule has 0 bridgehead atoms. The molecule has 0 radical (unpaired) electrons. The van der Waals surface area contributed by atoms with Crippen LogP contribution in [0.4, 0.5) is 0 Å². The van der Waals surface area contributed by atoms with Crippen molar-refractivity contribution < 1.29 is 14.6 Å². The van der Waals surface area contributed by atoms with Crippen molar-refractivity contribution in [2.45, 2.75) is 36.6 Å². The Balaban J connectivity index is 1.91. The molecule has 1 aromatic carbocycles. The molecule has 1 aliphatic rings. The molecule has 1 aliphatic carbocycles. The average molecular weight is 321 g/mol. The molecule has 0 saturated carbocycles. The Bertz CT molecular complexity index is 696. The van der Waals surface area contributed by atoms with E-state index < -0.39 is 12.1 Å². The van der Waals surface area contributed by atoms with Crippen LogP contribution in [-0.4, -0.2) is 22.2 Å². The highest BCUT2D eigenvalue weighted by Crippen LogP contribution is 2.38. The van der Waals surface area contributed by atoms with Gasteiger partial charge in [0.05, 0.1) is 5.69 Å². The van der Waals surface area contributed by atoms with Crippen LogP contribution in [0.25, 0.3) is 11.3 Å². The normalized spacial score (nSPS) is 14.2. The van der Waals surface area contributed by atoms with Gasteiger partial charge < -0.3 is 9.84 Å². The third kappa shape index (κ3) is 2.78. The second-order valence-corrected chi connectivity index (χ2v) is 6.75. The van der Waals surface area contributed by atoms with Crippen LogP contribution >= 0.6 is 24.0 Å². The number of nitrogens with zero attached hydrogens (tertiary/aromatic N) is 1. The first-order chi connectivity index (χ1) is 10.1. The quantitative estimate of drug-likeness (QED) is 0.847. The predicted octanol–water partition coefficient (Wildman–Crippen LogP) is 3.44. The lowest BCUT2D eigenvalue weighted by molar-refractivity contribution is -0.145. The summed E-state index contributed by atoms with van der Waals surface area (Å²) in [5, 5.41) is 9.06. The van der Waals surface area contributed by atoms with Crippen molar-refractivity contribution in [1.29, 1.82) is 0 Å². The molecule has 1 aromatic heterocycles. The molecule has 4 nitrogen and oxygen atoms in total. The Morgan fingerprint density at radius 3 is 3.05 bits per heavy atom. The van der Waals surface area contributed by atoms with Crippen LogP contribution < -0.4 is 4.74 Å². The summed E-state index contributed by atoms with van der Waals surface area (Å²) < 4.78 is 6.33. The Morgan fingerprint density at radius 2 is 2.33 bits per heavy atom. The topological polar surface area (TPSA) is 59.4 Å². The van der Waals surface area contributed by atoms with E-state index in [1.54, 1.807) is 18.3 Å². The number of thiol groups is 1. The molecule has 3 rings (SSSR count). The summed E-state index contributed by atoms with van der Waals surface area (Å²) in [7, 11) is 0. The van der Waals surface area contributed by atoms with E-state index >= 15 is 0 Å². The van der Waals surface area contributed by atoms with Gasteiger partial charge in [-0.25, -0.2) is 9.78 Å². The summed E-state index contributed by atoms with van der Waals surface area (Å²) in [6.45, 7) is 1.80. The van der Waals surface area contributed by atoms with Crippen LogP contribution in [0.15, 0.2) is 22.5 Å². The zero-order chi connectivity index (χ0) is 15.0. The van der Waals surface area contributed by atoms with Crippen LogP contribution in [-0.2, 0) is 17.6 Å². The fourth-order valence-corrected chi connectivity index (χ4v) is 3.77. The molecule has 1 N–H and O–H groups in total. The second-order valence-electron chi connectivity index (χ2n) is 4.94. The lowest BCUT2D eigenvalue weighted by Crippen LogP contribution is -2.26. The monoisotopic (exact) mass is 321 g/mol. The number of thiazole rings is 1. The number of ether oxygens (including phenoxy) is 1. The smallest absolute Gasteiger partial charge is 0.344 e. The van der Waals surface area contributed by atoms with E-state index in [-0.39, 0.29) is 0 Å². The van der Waals surface area contributed by atoms with Crippen molar-refractivity contribution in [3.63, 3.8) is 0 Å². The second kappa shape index (κ2) is 5.69. The van der Waals surface area contributed by atoms with Gasteiger partial charge in [-0.15, -0.1) is 24.0 Å². The molecule has 0 amide bonds. The molecule has 0 spiro atoms. The van der Waals surface area contributed by atoms with E-state index in [2.05, 4.69) is 17.6 Å². The minimum atomic E-state index is -0.934. The molecule has 6 heteroatoms. The van der Waals surface area contributed by atoms with Crippen molar-refractivity contribution in [3.05, 3.63) is 28.6 Å².